The van der Waals surface area contributed by atoms with Crippen LogP contribution in [0.1, 0.15) is 35.1 Å². The van der Waals surface area contributed by atoms with E-state index in [1.807, 2.05) is 39.0 Å². The topological polar surface area (TPSA) is 9.23 Å². The first-order valence-electron chi connectivity index (χ1n) is 5.04. The first kappa shape index (κ1) is 13.8. The standard InChI is InChI=1S/C13H18O.CH4/c1-5-7-8-12-10(3)9-11(4)14-13(12)6-2;/h5-10H,1-4H3;1H4/b7-5-,12-8-,13-6+;. The lowest BCUT2D eigenvalue weighted by Gasteiger charge is -2.23. The van der Waals surface area contributed by atoms with Crippen LogP contribution >= 0.6 is 0 Å². The van der Waals surface area contributed by atoms with E-state index in [1.54, 1.807) is 0 Å². The summed E-state index contributed by atoms with van der Waals surface area (Å²) in [6.07, 6.45) is 10.3. The minimum Gasteiger partial charge on any atom is -0.462 e. The van der Waals surface area contributed by atoms with Gasteiger partial charge in [0, 0.05) is 11.5 Å². The molecule has 1 heterocycles. The maximum atomic E-state index is 5.64. The van der Waals surface area contributed by atoms with E-state index in [1.165, 1.54) is 5.57 Å². The third kappa shape index (κ3) is 3.43. The van der Waals surface area contributed by atoms with Gasteiger partial charge in [-0.15, -0.1) is 0 Å². The van der Waals surface area contributed by atoms with E-state index in [-0.39, 0.29) is 7.43 Å². The molecule has 0 N–H and O–H groups in total. The Bertz CT molecular complexity index is 316. The van der Waals surface area contributed by atoms with Gasteiger partial charge in [-0.25, -0.2) is 0 Å². The molecule has 0 saturated heterocycles. The summed E-state index contributed by atoms with van der Waals surface area (Å²) in [4.78, 5) is 0. The normalized spacial score (nSPS) is 26.4. The molecular formula is C14H22O. The Morgan fingerprint density at radius 3 is 2.53 bits per heavy atom. The lowest BCUT2D eigenvalue weighted by Crippen LogP contribution is -2.09. The van der Waals surface area contributed by atoms with Crippen LogP contribution in [0.3, 0.4) is 0 Å². The van der Waals surface area contributed by atoms with Crippen LogP contribution in [0.5, 0.6) is 0 Å². The smallest absolute Gasteiger partial charge is 0.126 e. The van der Waals surface area contributed by atoms with E-state index < -0.39 is 0 Å². The molecule has 0 radical (unpaired) electrons. The number of ether oxygens (including phenoxy) is 1. The van der Waals surface area contributed by atoms with Crippen molar-refractivity contribution in [3.05, 3.63) is 47.5 Å². The van der Waals surface area contributed by atoms with E-state index >= 15 is 0 Å². The molecule has 0 aromatic carbocycles. The summed E-state index contributed by atoms with van der Waals surface area (Å²) < 4.78 is 5.64. The predicted molar refractivity (Wildman–Crippen MR) is 67.4 cm³/mol. The summed E-state index contributed by atoms with van der Waals surface area (Å²) in [5.74, 6) is 2.41. The Balaban J connectivity index is 0.00000196. The number of hydrogen-bond donors (Lipinski definition) is 0. The summed E-state index contributed by atoms with van der Waals surface area (Å²) in [6.45, 7) is 8.20. The number of rotatable bonds is 1. The number of allylic oxidation sites excluding steroid dienone is 7. The molecular weight excluding hydrogens is 184 g/mol. The molecule has 1 atom stereocenters. The van der Waals surface area contributed by atoms with Crippen LogP contribution in [0.25, 0.3) is 0 Å². The van der Waals surface area contributed by atoms with Gasteiger partial charge in [0.05, 0.1) is 5.76 Å². The second-order valence-corrected chi connectivity index (χ2v) is 3.47. The average molecular weight is 206 g/mol. The minimum atomic E-state index is 0. The molecule has 15 heavy (non-hydrogen) atoms. The first-order chi connectivity index (χ1) is 6.69. The molecule has 0 fully saturated rings. The zero-order valence-corrected chi connectivity index (χ0v) is 9.37. The van der Waals surface area contributed by atoms with Crippen molar-refractivity contribution >= 4 is 0 Å². The summed E-state index contributed by atoms with van der Waals surface area (Å²) in [6, 6.07) is 0. The average Bonchev–Trinajstić information content (AvgIpc) is 2.15. The second kappa shape index (κ2) is 6.28. The third-order valence-electron chi connectivity index (χ3n) is 2.26. The molecule has 0 bridgehead atoms. The van der Waals surface area contributed by atoms with Crippen LogP contribution in [0.4, 0.5) is 0 Å². The van der Waals surface area contributed by atoms with E-state index in [9.17, 15) is 0 Å². The molecule has 1 rings (SSSR count). The fraction of sp³-hybridized carbons (Fsp3) is 0.429. The first-order valence-corrected chi connectivity index (χ1v) is 5.04. The molecule has 0 saturated carbocycles. The molecule has 1 aliphatic heterocycles. The van der Waals surface area contributed by atoms with Gasteiger partial charge < -0.3 is 4.74 Å². The highest BCUT2D eigenvalue weighted by Gasteiger charge is 2.17. The summed E-state index contributed by atoms with van der Waals surface area (Å²) >= 11 is 0. The largest absolute Gasteiger partial charge is 0.462 e. The van der Waals surface area contributed by atoms with Crippen molar-refractivity contribution in [3.8, 4) is 0 Å². The van der Waals surface area contributed by atoms with E-state index in [0.29, 0.717) is 5.92 Å². The number of hydrogen-bond acceptors (Lipinski definition) is 1. The van der Waals surface area contributed by atoms with Crippen molar-refractivity contribution < 1.29 is 4.74 Å². The van der Waals surface area contributed by atoms with Crippen molar-refractivity contribution in [1.29, 1.82) is 0 Å². The lowest BCUT2D eigenvalue weighted by atomic mass is 9.95. The Hall–Kier alpha value is -1.24. The van der Waals surface area contributed by atoms with Crippen LogP contribution in [-0.4, -0.2) is 0 Å². The molecule has 0 spiro atoms. The molecule has 0 aromatic rings. The fourth-order valence-corrected chi connectivity index (χ4v) is 1.59. The molecule has 1 nitrogen and oxygen atoms in total. The summed E-state index contributed by atoms with van der Waals surface area (Å²) in [7, 11) is 0. The molecule has 0 aliphatic carbocycles. The Labute approximate surface area is 93.8 Å². The highest BCUT2D eigenvalue weighted by Crippen LogP contribution is 2.30. The zero-order chi connectivity index (χ0) is 10.6. The van der Waals surface area contributed by atoms with Gasteiger partial charge in [0.15, 0.2) is 0 Å². The zero-order valence-electron chi connectivity index (χ0n) is 9.37. The van der Waals surface area contributed by atoms with Crippen LogP contribution in [0, 0.1) is 5.92 Å². The maximum Gasteiger partial charge on any atom is 0.126 e. The SMILES string of the molecule is C.C\C=C/C=C1\C(=C/C)OC(C)=CC1C. The van der Waals surface area contributed by atoms with E-state index in [4.69, 9.17) is 4.74 Å². The van der Waals surface area contributed by atoms with Gasteiger partial charge in [-0.3, -0.25) is 0 Å². The molecule has 1 unspecified atom stereocenters. The Morgan fingerprint density at radius 1 is 1.33 bits per heavy atom. The molecule has 1 heteroatoms. The fourth-order valence-electron chi connectivity index (χ4n) is 1.59. The van der Waals surface area contributed by atoms with Gasteiger partial charge in [0.1, 0.15) is 5.76 Å². The van der Waals surface area contributed by atoms with Gasteiger partial charge in [-0.1, -0.05) is 32.6 Å². The molecule has 84 valence electrons. The summed E-state index contributed by atoms with van der Waals surface area (Å²) in [5, 5.41) is 0. The van der Waals surface area contributed by atoms with Crippen molar-refractivity contribution in [2.45, 2.75) is 35.1 Å². The Kier molecular flexibility index (Phi) is 5.76. The molecule has 0 aromatic heterocycles. The van der Waals surface area contributed by atoms with Crippen molar-refractivity contribution in [2.24, 2.45) is 5.92 Å². The minimum absolute atomic E-state index is 0. The molecule has 1 aliphatic rings. The van der Waals surface area contributed by atoms with Crippen molar-refractivity contribution in [3.63, 3.8) is 0 Å². The quantitative estimate of drug-likeness (QED) is 0.609. The third-order valence-corrected chi connectivity index (χ3v) is 2.26. The monoisotopic (exact) mass is 206 g/mol. The van der Waals surface area contributed by atoms with Crippen LogP contribution in [0.2, 0.25) is 0 Å². The van der Waals surface area contributed by atoms with Gasteiger partial charge in [-0.2, -0.15) is 0 Å². The Morgan fingerprint density at radius 2 is 2.00 bits per heavy atom. The summed E-state index contributed by atoms with van der Waals surface area (Å²) in [5.41, 5.74) is 1.25. The van der Waals surface area contributed by atoms with E-state index in [2.05, 4.69) is 19.1 Å². The van der Waals surface area contributed by atoms with Gasteiger partial charge in [0.2, 0.25) is 0 Å². The van der Waals surface area contributed by atoms with Gasteiger partial charge >= 0.3 is 0 Å². The van der Waals surface area contributed by atoms with Crippen molar-refractivity contribution in [2.75, 3.05) is 0 Å². The van der Waals surface area contributed by atoms with Crippen LogP contribution < -0.4 is 0 Å². The van der Waals surface area contributed by atoms with Gasteiger partial charge in [0.25, 0.3) is 0 Å². The highest BCUT2D eigenvalue weighted by molar-refractivity contribution is 5.37. The molecule has 0 amide bonds. The van der Waals surface area contributed by atoms with Gasteiger partial charge in [-0.05, 0) is 32.9 Å². The second-order valence-electron chi connectivity index (χ2n) is 3.47. The van der Waals surface area contributed by atoms with Crippen molar-refractivity contribution in [1.82, 2.24) is 0 Å². The van der Waals surface area contributed by atoms with E-state index in [0.717, 1.165) is 11.5 Å². The predicted octanol–water partition coefficient (Wildman–Crippen LogP) is 4.60. The highest BCUT2D eigenvalue weighted by atomic mass is 16.5. The maximum absolute atomic E-state index is 5.64. The van der Waals surface area contributed by atoms with Crippen LogP contribution in [-0.2, 0) is 4.74 Å². The van der Waals surface area contributed by atoms with Crippen LogP contribution in [0.15, 0.2) is 47.5 Å². The lowest BCUT2D eigenvalue weighted by molar-refractivity contribution is 0.292.